The van der Waals surface area contributed by atoms with Gasteiger partial charge in [-0.2, -0.15) is 0 Å². The van der Waals surface area contributed by atoms with Crippen LogP contribution in [0.2, 0.25) is 5.02 Å². The number of hydrogen-bond donors (Lipinski definition) is 2. The third-order valence-corrected chi connectivity index (χ3v) is 3.52. The van der Waals surface area contributed by atoms with Crippen molar-refractivity contribution in [3.8, 4) is 5.75 Å². The van der Waals surface area contributed by atoms with Gasteiger partial charge in [0.15, 0.2) is 0 Å². The summed E-state index contributed by atoms with van der Waals surface area (Å²) in [6.45, 7) is 0. The minimum atomic E-state index is -0.518. The monoisotopic (exact) mass is 294 g/mol. The molecule has 2 unspecified atom stereocenters. The molecule has 0 aromatic heterocycles. The van der Waals surface area contributed by atoms with E-state index >= 15 is 0 Å². The van der Waals surface area contributed by atoms with Crippen molar-refractivity contribution in [2.75, 3.05) is 7.11 Å². The van der Waals surface area contributed by atoms with E-state index in [1.807, 2.05) is 24.3 Å². The van der Waals surface area contributed by atoms with E-state index in [1.54, 1.807) is 13.2 Å². The maximum Gasteiger partial charge on any atom is 0.142 e. The van der Waals surface area contributed by atoms with Crippen molar-refractivity contribution in [1.82, 2.24) is 0 Å². The van der Waals surface area contributed by atoms with E-state index in [0.717, 1.165) is 11.3 Å². The van der Waals surface area contributed by atoms with Crippen LogP contribution in [0.4, 0.5) is 4.39 Å². The standard InChI is InChI=1S/C15H16ClFN2O/c1-20-11-5-2-9(3-6-11)14(18)15(19)10-4-7-12(16)13(17)8-10/h2-8,14-15H,18-19H2,1H3. The van der Waals surface area contributed by atoms with Crippen LogP contribution in [0, 0.1) is 5.82 Å². The zero-order valence-electron chi connectivity index (χ0n) is 11.0. The second-order valence-corrected chi connectivity index (χ2v) is 4.91. The molecular formula is C15H16ClFN2O. The fraction of sp³-hybridized carbons (Fsp3) is 0.200. The minimum absolute atomic E-state index is 0.0685. The van der Waals surface area contributed by atoms with E-state index in [1.165, 1.54) is 12.1 Å². The lowest BCUT2D eigenvalue weighted by Gasteiger charge is -2.21. The van der Waals surface area contributed by atoms with Gasteiger partial charge in [-0.25, -0.2) is 4.39 Å². The molecule has 0 aliphatic heterocycles. The molecule has 0 aliphatic carbocycles. The van der Waals surface area contributed by atoms with Crippen molar-refractivity contribution in [1.29, 1.82) is 0 Å². The molecule has 2 rings (SSSR count). The first-order valence-electron chi connectivity index (χ1n) is 6.13. The van der Waals surface area contributed by atoms with Gasteiger partial charge in [-0.05, 0) is 35.4 Å². The third kappa shape index (κ3) is 3.10. The molecule has 2 aromatic carbocycles. The maximum atomic E-state index is 13.5. The van der Waals surface area contributed by atoms with Crippen LogP contribution in [0.25, 0.3) is 0 Å². The van der Waals surface area contributed by atoms with E-state index < -0.39 is 17.9 Å². The number of hydrogen-bond acceptors (Lipinski definition) is 3. The first-order chi connectivity index (χ1) is 9.52. The van der Waals surface area contributed by atoms with Gasteiger partial charge >= 0.3 is 0 Å². The Hall–Kier alpha value is -1.62. The largest absolute Gasteiger partial charge is 0.497 e. The topological polar surface area (TPSA) is 61.3 Å². The average molecular weight is 295 g/mol. The number of benzene rings is 2. The Bertz CT molecular complexity index is 589. The first-order valence-corrected chi connectivity index (χ1v) is 6.51. The SMILES string of the molecule is COc1ccc(C(N)C(N)c2ccc(Cl)c(F)c2)cc1. The number of rotatable bonds is 4. The second kappa shape index (κ2) is 6.22. The Morgan fingerprint density at radius 2 is 1.55 bits per heavy atom. The van der Waals surface area contributed by atoms with Gasteiger partial charge in [-0.15, -0.1) is 0 Å². The molecule has 2 atom stereocenters. The zero-order chi connectivity index (χ0) is 14.7. The molecule has 5 heteroatoms. The summed E-state index contributed by atoms with van der Waals surface area (Å²) in [6, 6.07) is 10.8. The summed E-state index contributed by atoms with van der Waals surface area (Å²) < 4.78 is 18.5. The molecule has 4 N–H and O–H groups in total. The van der Waals surface area contributed by atoms with Crippen molar-refractivity contribution in [3.63, 3.8) is 0 Å². The molecule has 0 saturated carbocycles. The lowest BCUT2D eigenvalue weighted by atomic mass is 9.95. The van der Waals surface area contributed by atoms with Crippen molar-refractivity contribution in [2.24, 2.45) is 11.5 Å². The van der Waals surface area contributed by atoms with Gasteiger partial charge in [0.2, 0.25) is 0 Å². The van der Waals surface area contributed by atoms with Gasteiger partial charge in [-0.1, -0.05) is 29.8 Å². The average Bonchev–Trinajstić information content (AvgIpc) is 2.48. The summed E-state index contributed by atoms with van der Waals surface area (Å²) >= 11 is 5.65. The third-order valence-electron chi connectivity index (χ3n) is 3.22. The van der Waals surface area contributed by atoms with Crippen molar-refractivity contribution >= 4 is 11.6 Å². The van der Waals surface area contributed by atoms with E-state index in [-0.39, 0.29) is 5.02 Å². The summed E-state index contributed by atoms with van der Waals surface area (Å²) in [4.78, 5) is 0. The molecule has 0 radical (unpaired) electrons. The van der Waals surface area contributed by atoms with E-state index in [2.05, 4.69) is 0 Å². The predicted octanol–water partition coefficient (Wildman–Crippen LogP) is 3.19. The Balaban J connectivity index is 2.22. The lowest BCUT2D eigenvalue weighted by Crippen LogP contribution is -2.26. The number of nitrogens with two attached hydrogens (primary N) is 2. The summed E-state index contributed by atoms with van der Waals surface area (Å²) in [7, 11) is 1.59. The smallest absolute Gasteiger partial charge is 0.142 e. The number of halogens is 2. The van der Waals surface area contributed by atoms with Crippen LogP contribution in [0.3, 0.4) is 0 Å². The molecule has 0 spiro atoms. The summed E-state index contributed by atoms with van der Waals surface area (Å²) in [5.41, 5.74) is 13.7. The molecule has 3 nitrogen and oxygen atoms in total. The fourth-order valence-corrected chi connectivity index (χ4v) is 2.08. The summed E-state index contributed by atoms with van der Waals surface area (Å²) in [5, 5.41) is 0.0685. The van der Waals surface area contributed by atoms with Gasteiger partial charge in [0.1, 0.15) is 11.6 Å². The minimum Gasteiger partial charge on any atom is -0.497 e. The van der Waals surface area contributed by atoms with Crippen molar-refractivity contribution in [2.45, 2.75) is 12.1 Å². The van der Waals surface area contributed by atoms with Crippen LogP contribution in [-0.2, 0) is 0 Å². The van der Waals surface area contributed by atoms with Crippen LogP contribution in [-0.4, -0.2) is 7.11 Å². The molecule has 0 amide bonds. The molecule has 20 heavy (non-hydrogen) atoms. The summed E-state index contributed by atoms with van der Waals surface area (Å²) in [5.74, 6) is 0.244. The molecular weight excluding hydrogens is 279 g/mol. The Morgan fingerprint density at radius 1 is 1.00 bits per heavy atom. The summed E-state index contributed by atoms with van der Waals surface area (Å²) in [6.07, 6.45) is 0. The van der Waals surface area contributed by atoms with Crippen LogP contribution in [0.15, 0.2) is 42.5 Å². The van der Waals surface area contributed by atoms with Crippen molar-refractivity contribution in [3.05, 3.63) is 64.4 Å². The molecule has 106 valence electrons. The highest BCUT2D eigenvalue weighted by atomic mass is 35.5. The van der Waals surface area contributed by atoms with Gasteiger partial charge in [0, 0.05) is 12.1 Å². The highest BCUT2D eigenvalue weighted by molar-refractivity contribution is 6.30. The molecule has 0 heterocycles. The van der Waals surface area contributed by atoms with Gasteiger partial charge in [-0.3, -0.25) is 0 Å². The van der Waals surface area contributed by atoms with Crippen LogP contribution < -0.4 is 16.2 Å². The van der Waals surface area contributed by atoms with Crippen LogP contribution in [0.5, 0.6) is 5.75 Å². The van der Waals surface area contributed by atoms with Gasteiger partial charge in [0.25, 0.3) is 0 Å². The Morgan fingerprint density at radius 3 is 2.10 bits per heavy atom. The maximum absolute atomic E-state index is 13.5. The van der Waals surface area contributed by atoms with E-state index in [9.17, 15) is 4.39 Å². The van der Waals surface area contributed by atoms with Gasteiger partial charge < -0.3 is 16.2 Å². The first kappa shape index (κ1) is 14.8. The lowest BCUT2D eigenvalue weighted by molar-refractivity contribution is 0.414. The van der Waals surface area contributed by atoms with Crippen LogP contribution in [0.1, 0.15) is 23.2 Å². The Labute approximate surface area is 122 Å². The zero-order valence-corrected chi connectivity index (χ0v) is 11.8. The predicted molar refractivity (Wildman–Crippen MR) is 78.3 cm³/mol. The quantitative estimate of drug-likeness (QED) is 0.910. The molecule has 2 aromatic rings. The van der Waals surface area contributed by atoms with Crippen molar-refractivity contribution < 1.29 is 9.13 Å². The van der Waals surface area contributed by atoms with Gasteiger partial charge in [0.05, 0.1) is 12.1 Å². The molecule has 0 aliphatic rings. The van der Waals surface area contributed by atoms with E-state index in [4.69, 9.17) is 27.8 Å². The highest BCUT2D eigenvalue weighted by Gasteiger charge is 2.18. The number of ether oxygens (including phenoxy) is 1. The van der Waals surface area contributed by atoms with E-state index in [0.29, 0.717) is 5.56 Å². The highest BCUT2D eigenvalue weighted by Crippen LogP contribution is 2.28. The normalized spacial score (nSPS) is 13.8. The fourth-order valence-electron chi connectivity index (χ4n) is 1.96. The number of methoxy groups -OCH3 is 1. The molecule has 0 bridgehead atoms. The molecule has 0 fully saturated rings. The molecule has 0 saturated heterocycles. The van der Waals surface area contributed by atoms with Crippen LogP contribution >= 0.6 is 11.6 Å². The second-order valence-electron chi connectivity index (χ2n) is 4.50. The Kier molecular flexibility index (Phi) is 4.60.